The summed E-state index contributed by atoms with van der Waals surface area (Å²) >= 11 is 1.75. The number of sulfone groups is 1. The lowest BCUT2D eigenvalue weighted by Crippen LogP contribution is -2.01. The van der Waals surface area contributed by atoms with Crippen molar-refractivity contribution in [3.63, 3.8) is 0 Å². The van der Waals surface area contributed by atoms with Crippen LogP contribution in [-0.4, -0.2) is 27.0 Å². The molecule has 0 aliphatic heterocycles. The highest BCUT2D eigenvalue weighted by atomic mass is 32.2. The molecule has 0 bridgehead atoms. The van der Waals surface area contributed by atoms with Crippen molar-refractivity contribution in [2.75, 3.05) is 18.6 Å². The van der Waals surface area contributed by atoms with E-state index in [-0.39, 0.29) is 0 Å². The minimum atomic E-state index is -3.07. The smallest absolute Gasteiger partial charge is 0.175 e. The molecule has 0 aromatic heterocycles. The van der Waals surface area contributed by atoms with Crippen molar-refractivity contribution < 1.29 is 8.42 Å². The fourth-order valence-corrected chi connectivity index (χ4v) is 2.48. The molecule has 0 fully saturated rings. The molecule has 1 aromatic carbocycles. The summed E-state index contributed by atoms with van der Waals surface area (Å²) in [5.74, 6) is 1.80. The molecule has 15 heavy (non-hydrogen) atoms. The third kappa shape index (κ3) is 4.24. The van der Waals surface area contributed by atoms with Crippen molar-refractivity contribution in [1.82, 2.24) is 0 Å². The molecule has 0 heterocycles. The van der Waals surface area contributed by atoms with E-state index in [1.165, 1.54) is 6.26 Å². The van der Waals surface area contributed by atoms with Crippen LogP contribution in [0.25, 0.3) is 0 Å². The van der Waals surface area contributed by atoms with E-state index in [9.17, 15) is 8.42 Å². The van der Waals surface area contributed by atoms with E-state index in [1.807, 2.05) is 12.1 Å². The zero-order valence-corrected chi connectivity index (χ0v) is 10.3. The lowest BCUT2D eigenvalue weighted by atomic mass is 10.2. The van der Waals surface area contributed by atoms with Gasteiger partial charge in [-0.3, -0.25) is 0 Å². The lowest BCUT2D eigenvalue weighted by Gasteiger charge is -2.02. The Hall–Kier alpha value is -0.520. The highest BCUT2D eigenvalue weighted by Crippen LogP contribution is 2.15. The van der Waals surface area contributed by atoms with Crippen LogP contribution in [-0.2, 0) is 15.6 Å². The summed E-state index contributed by atoms with van der Waals surface area (Å²) < 4.78 is 22.4. The molecule has 0 spiro atoms. The summed E-state index contributed by atoms with van der Waals surface area (Å²) in [7, 11) is -3.07. The molecule has 0 aliphatic rings. The van der Waals surface area contributed by atoms with E-state index >= 15 is 0 Å². The van der Waals surface area contributed by atoms with Crippen molar-refractivity contribution in [2.24, 2.45) is 5.73 Å². The molecule has 3 nitrogen and oxygen atoms in total. The molecule has 5 heteroatoms. The van der Waals surface area contributed by atoms with Crippen molar-refractivity contribution in [2.45, 2.75) is 10.6 Å². The van der Waals surface area contributed by atoms with Crippen LogP contribution in [0, 0.1) is 0 Å². The van der Waals surface area contributed by atoms with E-state index in [2.05, 4.69) is 0 Å². The van der Waals surface area contributed by atoms with Gasteiger partial charge in [0.1, 0.15) is 0 Å². The number of nitrogens with two attached hydrogens (primary N) is 1. The molecule has 1 rings (SSSR count). The first-order chi connectivity index (χ1) is 7.04. The highest BCUT2D eigenvalue weighted by Gasteiger charge is 2.05. The average Bonchev–Trinajstić information content (AvgIpc) is 2.18. The van der Waals surface area contributed by atoms with Crippen LogP contribution >= 0.6 is 11.8 Å². The number of benzene rings is 1. The van der Waals surface area contributed by atoms with E-state index in [0.29, 0.717) is 11.4 Å². The SMILES string of the molecule is CS(=O)(=O)c1ccc(CSCCN)cc1. The number of thioether (sulfide) groups is 1. The predicted molar refractivity (Wildman–Crippen MR) is 64.8 cm³/mol. The van der Waals surface area contributed by atoms with Gasteiger partial charge in [0.25, 0.3) is 0 Å². The molecule has 1 aromatic rings. The van der Waals surface area contributed by atoms with Crippen molar-refractivity contribution >= 4 is 21.6 Å². The first-order valence-electron chi connectivity index (χ1n) is 4.61. The van der Waals surface area contributed by atoms with E-state index in [0.717, 1.165) is 17.1 Å². The van der Waals surface area contributed by atoms with Gasteiger partial charge in [-0.2, -0.15) is 11.8 Å². The van der Waals surface area contributed by atoms with Gasteiger partial charge >= 0.3 is 0 Å². The van der Waals surface area contributed by atoms with Crippen molar-refractivity contribution in [3.05, 3.63) is 29.8 Å². The zero-order valence-electron chi connectivity index (χ0n) is 8.64. The number of hydrogen-bond donors (Lipinski definition) is 1. The lowest BCUT2D eigenvalue weighted by molar-refractivity contribution is 0.602. The molecule has 2 N–H and O–H groups in total. The van der Waals surface area contributed by atoms with Crippen LogP contribution < -0.4 is 5.73 Å². The Morgan fingerprint density at radius 1 is 1.27 bits per heavy atom. The molecule has 84 valence electrons. The second-order valence-electron chi connectivity index (χ2n) is 3.26. The second kappa shape index (κ2) is 5.53. The Morgan fingerprint density at radius 2 is 1.87 bits per heavy atom. The molecule has 0 radical (unpaired) electrons. The van der Waals surface area contributed by atoms with Gasteiger partial charge in [0.2, 0.25) is 0 Å². The standard InChI is InChI=1S/C10H15NO2S2/c1-15(12,13)10-4-2-9(3-5-10)8-14-7-6-11/h2-5H,6-8,11H2,1H3. The van der Waals surface area contributed by atoms with Crippen LogP contribution in [0.2, 0.25) is 0 Å². The van der Waals surface area contributed by atoms with Crippen LogP contribution in [0.15, 0.2) is 29.2 Å². The third-order valence-corrected chi connectivity index (χ3v) is 4.07. The summed E-state index contributed by atoms with van der Waals surface area (Å²) in [5.41, 5.74) is 6.50. The first-order valence-corrected chi connectivity index (χ1v) is 7.65. The number of rotatable bonds is 5. The summed E-state index contributed by atoms with van der Waals surface area (Å²) in [6, 6.07) is 6.99. The molecule has 0 aliphatic carbocycles. The Bertz CT molecular complexity index is 398. The molecular weight excluding hydrogens is 230 g/mol. The molecule has 0 atom stereocenters. The number of hydrogen-bond acceptors (Lipinski definition) is 4. The Balaban J connectivity index is 2.65. The first kappa shape index (κ1) is 12.5. The third-order valence-electron chi connectivity index (χ3n) is 1.88. The maximum absolute atomic E-state index is 11.2. The van der Waals surface area contributed by atoms with Crippen LogP contribution in [0.4, 0.5) is 0 Å². The largest absolute Gasteiger partial charge is 0.330 e. The minimum Gasteiger partial charge on any atom is -0.330 e. The quantitative estimate of drug-likeness (QED) is 0.794. The van der Waals surface area contributed by atoms with Gasteiger partial charge in [0.15, 0.2) is 9.84 Å². The van der Waals surface area contributed by atoms with E-state index in [1.54, 1.807) is 23.9 Å². The maximum Gasteiger partial charge on any atom is 0.175 e. The van der Waals surface area contributed by atoms with E-state index < -0.39 is 9.84 Å². The highest BCUT2D eigenvalue weighted by molar-refractivity contribution is 7.98. The van der Waals surface area contributed by atoms with Crippen molar-refractivity contribution in [3.8, 4) is 0 Å². The molecular formula is C10H15NO2S2. The Morgan fingerprint density at radius 3 is 2.33 bits per heavy atom. The Labute approximate surface area is 95.0 Å². The van der Waals surface area contributed by atoms with Gasteiger partial charge in [0, 0.05) is 24.3 Å². The zero-order chi connectivity index (χ0) is 11.3. The summed E-state index contributed by atoms with van der Waals surface area (Å²) in [6.07, 6.45) is 1.21. The average molecular weight is 245 g/mol. The van der Waals surface area contributed by atoms with Gasteiger partial charge in [-0.1, -0.05) is 12.1 Å². The predicted octanol–water partition coefficient (Wildman–Crippen LogP) is 1.28. The van der Waals surface area contributed by atoms with Gasteiger partial charge in [-0.05, 0) is 17.7 Å². The monoisotopic (exact) mass is 245 g/mol. The van der Waals surface area contributed by atoms with Crippen LogP contribution in [0.3, 0.4) is 0 Å². The fraction of sp³-hybridized carbons (Fsp3) is 0.400. The fourth-order valence-electron chi connectivity index (χ4n) is 1.11. The normalized spacial score (nSPS) is 11.6. The second-order valence-corrected chi connectivity index (χ2v) is 6.38. The van der Waals surface area contributed by atoms with Gasteiger partial charge in [-0.15, -0.1) is 0 Å². The Kier molecular flexibility index (Phi) is 4.63. The maximum atomic E-state index is 11.2. The minimum absolute atomic E-state index is 0.370. The summed E-state index contributed by atoms with van der Waals surface area (Å²) in [5, 5.41) is 0. The van der Waals surface area contributed by atoms with Gasteiger partial charge < -0.3 is 5.73 Å². The van der Waals surface area contributed by atoms with Gasteiger partial charge in [0.05, 0.1) is 4.90 Å². The molecule has 0 unspecified atom stereocenters. The summed E-state index contributed by atoms with van der Waals surface area (Å²) in [4.78, 5) is 0.370. The van der Waals surface area contributed by atoms with Gasteiger partial charge in [-0.25, -0.2) is 8.42 Å². The summed E-state index contributed by atoms with van der Waals surface area (Å²) in [6.45, 7) is 0.673. The topological polar surface area (TPSA) is 60.2 Å². The van der Waals surface area contributed by atoms with Crippen LogP contribution in [0.5, 0.6) is 0 Å². The molecule has 0 saturated heterocycles. The van der Waals surface area contributed by atoms with Crippen LogP contribution in [0.1, 0.15) is 5.56 Å². The molecule has 0 amide bonds. The van der Waals surface area contributed by atoms with Crippen molar-refractivity contribution in [1.29, 1.82) is 0 Å². The van der Waals surface area contributed by atoms with E-state index in [4.69, 9.17) is 5.73 Å². The molecule has 0 saturated carbocycles.